The maximum absolute atomic E-state index is 4.70. The summed E-state index contributed by atoms with van der Waals surface area (Å²) in [5, 5.41) is 0. The number of fused-ring (bicyclic) bond motifs is 1. The van der Waals surface area contributed by atoms with Gasteiger partial charge >= 0.3 is 0 Å². The van der Waals surface area contributed by atoms with Crippen LogP contribution < -0.4 is 4.90 Å². The third-order valence-corrected chi connectivity index (χ3v) is 4.58. The Morgan fingerprint density at radius 2 is 2.11 bits per heavy atom. The molecule has 2 saturated heterocycles. The quantitative estimate of drug-likeness (QED) is 0.782. The molecule has 2 aliphatic heterocycles. The molecular weight excluding hydrogens is 304 g/mol. The largest absolute Gasteiger partial charge is 0.355 e. The van der Waals surface area contributed by atoms with Gasteiger partial charge in [-0.3, -0.25) is 4.90 Å². The third kappa shape index (κ3) is 2.92. The number of aromatic nitrogens is 2. The molecule has 0 bridgehead atoms. The maximum atomic E-state index is 4.70. The van der Waals surface area contributed by atoms with E-state index in [-0.39, 0.29) is 0 Å². The monoisotopic (exact) mass is 324 g/mol. The van der Waals surface area contributed by atoms with Crippen molar-refractivity contribution in [2.45, 2.75) is 38.6 Å². The fourth-order valence-corrected chi connectivity index (χ4v) is 3.60. The molecule has 1 atom stereocenters. The average molecular weight is 325 g/mol. The summed E-state index contributed by atoms with van der Waals surface area (Å²) in [4.78, 5) is 14.2. The summed E-state index contributed by atoms with van der Waals surface area (Å²) in [5.41, 5.74) is 0. The van der Waals surface area contributed by atoms with E-state index in [1.807, 2.05) is 0 Å². The molecule has 3 rings (SSSR count). The zero-order chi connectivity index (χ0) is 13.2. The Bertz CT molecular complexity index is 451. The van der Waals surface area contributed by atoms with Crippen molar-refractivity contribution in [2.24, 2.45) is 0 Å². The van der Waals surface area contributed by atoms with Gasteiger partial charge in [0, 0.05) is 38.2 Å². The summed E-state index contributed by atoms with van der Waals surface area (Å²) < 4.78 is 0.905. The van der Waals surface area contributed by atoms with Gasteiger partial charge in [-0.1, -0.05) is 6.92 Å². The van der Waals surface area contributed by atoms with Crippen LogP contribution in [0.15, 0.2) is 10.7 Å². The summed E-state index contributed by atoms with van der Waals surface area (Å²) in [6.07, 6.45) is 4.81. The minimum atomic E-state index is 0.723. The molecule has 0 amide bonds. The second kappa shape index (κ2) is 5.75. The molecule has 19 heavy (non-hydrogen) atoms. The molecule has 0 aromatic carbocycles. The van der Waals surface area contributed by atoms with Gasteiger partial charge in [-0.15, -0.1) is 0 Å². The molecular formula is C14H21BrN4. The first-order chi connectivity index (χ1) is 9.26. The molecule has 2 aliphatic rings. The number of halogens is 1. The topological polar surface area (TPSA) is 32.3 Å². The maximum Gasteiger partial charge on any atom is 0.133 e. The van der Waals surface area contributed by atoms with Gasteiger partial charge in [0.25, 0.3) is 0 Å². The highest BCUT2D eigenvalue weighted by Gasteiger charge is 2.29. The Labute approximate surface area is 123 Å². The lowest BCUT2D eigenvalue weighted by Gasteiger charge is -2.26. The summed E-state index contributed by atoms with van der Waals surface area (Å²) in [5.74, 6) is 2.02. The van der Waals surface area contributed by atoms with E-state index >= 15 is 0 Å². The normalized spacial score (nSPS) is 24.3. The highest BCUT2D eigenvalue weighted by atomic mass is 79.9. The number of hydrogen-bond acceptors (Lipinski definition) is 4. The first-order valence-electron chi connectivity index (χ1n) is 7.28. The predicted octanol–water partition coefficient (Wildman–Crippen LogP) is 2.48. The van der Waals surface area contributed by atoms with Crippen LogP contribution in [0, 0.1) is 0 Å². The Hall–Kier alpha value is -0.680. The number of anilines is 1. The average Bonchev–Trinajstić information content (AvgIpc) is 2.75. The number of rotatable bonds is 2. The van der Waals surface area contributed by atoms with E-state index in [2.05, 4.69) is 43.7 Å². The Morgan fingerprint density at radius 3 is 2.95 bits per heavy atom. The Kier molecular flexibility index (Phi) is 4.03. The zero-order valence-corrected chi connectivity index (χ0v) is 13.1. The van der Waals surface area contributed by atoms with Gasteiger partial charge in [0.15, 0.2) is 0 Å². The van der Waals surface area contributed by atoms with Gasteiger partial charge in [-0.05, 0) is 41.7 Å². The van der Waals surface area contributed by atoms with E-state index in [0.29, 0.717) is 0 Å². The van der Waals surface area contributed by atoms with Crippen molar-refractivity contribution in [1.82, 2.24) is 14.9 Å². The van der Waals surface area contributed by atoms with Crippen LogP contribution in [-0.2, 0) is 6.42 Å². The molecule has 0 radical (unpaired) electrons. The van der Waals surface area contributed by atoms with E-state index in [1.165, 1.54) is 32.4 Å². The van der Waals surface area contributed by atoms with E-state index in [4.69, 9.17) is 4.98 Å². The van der Waals surface area contributed by atoms with Gasteiger partial charge in [0.1, 0.15) is 16.2 Å². The molecule has 0 spiro atoms. The summed E-state index contributed by atoms with van der Waals surface area (Å²) in [7, 11) is 0. The van der Waals surface area contributed by atoms with Crippen LogP contribution in [-0.4, -0.2) is 47.1 Å². The standard InChI is InChI=1S/C14H21BrN4/c1-2-13-16-12(15)9-14(17-13)19-8-4-7-18-6-3-5-11(18)10-19/h9,11H,2-8,10H2,1H3. The van der Waals surface area contributed by atoms with Crippen LogP contribution in [0.5, 0.6) is 0 Å². The van der Waals surface area contributed by atoms with E-state index < -0.39 is 0 Å². The molecule has 1 aromatic heterocycles. The van der Waals surface area contributed by atoms with Crippen LogP contribution in [0.25, 0.3) is 0 Å². The molecule has 1 unspecified atom stereocenters. The first-order valence-corrected chi connectivity index (χ1v) is 8.08. The Morgan fingerprint density at radius 1 is 1.26 bits per heavy atom. The highest BCUT2D eigenvalue weighted by molar-refractivity contribution is 9.10. The lowest BCUT2D eigenvalue weighted by Crippen LogP contribution is -2.37. The molecule has 4 nitrogen and oxygen atoms in total. The van der Waals surface area contributed by atoms with Crippen LogP contribution in [0.1, 0.15) is 32.0 Å². The van der Waals surface area contributed by atoms with Crippen LogP contribution in [0.2, 0.25) is 0 Å². The number of hydrogen-bond donors (Lipinski definition) is 0. The fourth-order valence-electron chi connectivity index (χ4n) is 3.19. The molecule has 0 saturated carbocycles. The van der Waals surface area contributed by atoms with Gasteiger partial charge in [-0.25, -0.2) is 9.97 Å². The van der Waals surface area contributed by atoms with Gasteiger partial charge < -0.3 is 4.90 Å². The molecule has 1 aromatic rings. The molecule has 104 valence electrons. The minimum absolute atomic E-state index is 0.723. The van der Waals surface area contributed by atoms with Crippen molar-refractivity contribution in [1.29, 1.82) is 0 Å². The molecule has 3 heterocycles. The second-order valence-electron chi connectivity index (χ2n) is 5.45. The van der Waals surface area contributed by atoms with Crippen molar-refractivity contribution in [2.75, 3.05) is 31.1 Å². The lowest BCUT2D eigenvalue weighted by molar-refractivity contribution is 0.273. The van der Waals surface area contributed by atoms with Gasteiger partial charge in [0.2, 0.25) is 0 Å². The number of nitrogens with zero attached hydrogens (tertiary/aromatic N) is 4. The van der Waals surface area contributed by atoms with Crippen LogP contribution in [0.3, 0.4) is 0 Å². The Balaban J connectivity index is 1.82. The number of aryl methyl sites for hydroxylation is 1. The molecule has 0 N–H and O–H groups in total. The van der Waals surface area contributed by atoms with Crippen molar-refractivity contribution in [3.8, 4) is 0 Å². The minimum Gasteiger partial charge on any atom is -0.355 e. The van der Waals surface area contributed by atoms with E-state index in [9.17, 15) is 0 Å². The third-order valence-electron chi connectivity index (χ3n) is 4.17. The van der Waals surface area contributed by atoms with Crippen LogP contribution in [0.4, 0.5) is 5.82 Å². The first kappa shape index (κ1) is 13.3. The van der Waals surface area contributed by atoms with Crippen molar-refractivity contribution >= 4 is 21.7 Å². The van der Waals surface area contributed by atoms with Crippen molar-refractivity contribution in [3.63, 3.8) is 0 Å². The highest BCUT2D eigenvalue weighted by Crippen LogP contribution is 2.25. The van der Waals surface area contributed by atoms with Gasteiger partial charge in [-0.2, -0.15) is 0 Å². The van der Waals surface area contributed by atoms with Crippen molar-refractivity contribution < 1.29 is 0 Å². The molecule has 2 fully saturated rings. The lowest BCUT2D eigenvalue weighted by atomic mass is 10.2. The smallest absolute Gasteiger partial charge is 0.133 e. The molecule has 5 heteroatoms. The zero-order valence-electron chi connectivity index (χ0n) is 11.5. The van der Waals surface area contributed by atoms with Crippen molar-refractivity contribution in [3.05, 3.63) is 16.5 Å². The summed E-state index contributed by atoms with van der Waals surface area (Å²) >= 11 is 3.51. The van der Waals surface area contributed by atoms with Gasteiger partial charge in [0.05, 0.1) is 0 Å². The van der Waals surface area contributed by atoms with E-state index in [1.54, 1.807) is 0 Å². The predicted molar refractivity (Wildman–Crippen MR) is 80.5 cm³/mol. The molecule has 0 aliphatic carbocycles. The van der Waals surface area contributed by atoms with Crippen LogP contribution >= 0.6 is 15.9 Å². The summed E-state index contributed by atoms with van der Waals surface area (Å²) in [6, 6.07) is 2.78. The fraction of sp³-hybridized carbons (Fsp3) is 0.714. The second-order valence-corrected chi connectivity index (χ2v) is 6.26. The summed E-state index contributed by atoms with van der Waals surface area (Å²) in [6.45, 7) is 6.86. The SMILES string of the molecule is CCc1nc(Br)cc(N2CCCN3CCCC3C2)n1. The van der Waals surface area contributed by atoms with E-state index in [0.717, 1.165) is 41.8 Å².